The fourth-order valence-corrected chi connectivity index (χ4v) is 3.84. The van der Waals surface area contributed by atoms with Gasteiger partial charge < -0.3 is 19.5 Å². The third-order valence-corrected chi connectivity index (χ3v) is 4.76. The number of aliphatic carboxylic acids is 1. The van der Waals surface area contributed by atoms with Gasteiger partial charge in [-0.2, -0.15) is 0 Å². The molecule has 1 N–H and O–H groups in total. The van der Waals surface area contributed by atoms with Crippen molar-refractivity contribution in [3.05, 3.63) is 36.4 Å². The molecule has 1 spiro atoms. The van der Waals surface area contributed by atoms with Crippen LogP contribution in [0.1, 0.15) is 0 Å². The van der Waals surface area contributed by atoms with Crippen LogP contribution < -0.4 is 9.64 Å². The van der Waals surface area contributed by atoms with Crippen LogP contribution in [0.15, 0.2) is 36.4 Å². The first-order valence-electron chi connectivity index (χ1n) is 7.12. The lowest BCUT2D eigenvalue weighted by atomic mass is 9.77. The molecule has 2 bridgehead atoms. The van der Waals surface area contributed by atoms with E-state index in [-0.39, 0.29) is 5.91 Å². The van der Waals surface area contributed by atoms with Crippen LogP contribution in [0.3, 0.4) is 0 Å². The molecule has 0 radical (unpaired) electrons. The molecule has 0 saturated carbocycles. The quantitative estimate of drug-likeness (QED) is 0.845. The minimum atomic E-state index is -0.989. The number of ether oxygens (including phenoxy) is 2. The van der Waals surface area contributed by atoms with Crippen molar-refractivity contribution in [1.82, 2.24) is 0 Å². The van der Waals surface area contributed by atoms with Crippen molar-refractivity contribution < 1.29 is 24.2 Å². The first kappa shape index (κ1) is 13.3. The van der Waals surface area contributed by atoms with Crippen molar-refractivity contribution in [2.45, 2.75) is 11.7 Å². The Morgan fingerprint density at radius 3 is 2.95 bits per heavy atom. The average Bonchev–Trinajstić information content (AvgIpc) is 3.15. The number of methoxy groups -OCH3 is 1. The van der Waals surface area contributed by atoms with Crippen LogP contribution in [0.25, 0.3) is 0 Å². The maximum absolute atomic E-state index is 12.8. The molecule has 6 heteroatoms. The van der Waals surface area contributed by atoms with Gasteiger partial charge in [-0.25, -0.2) is 0 Å². The topological polar surface area (TPSA) is 76.1 Å². The minimum Gasteiger partial charge on any atom is -0.495 e. The number of carbonyl (C=O) groups excluding carboxylic acids is 1. The van der Waals surface area contributed by atoms with Gasteiger partial charge in [0.15, 0.2) is 0 Å². The van der Waals surface area contributed by atoms with Gasteiger partial charge in [-0.1, -0.05) is 24.3 Å². The largest absolute Gasteiger partial charge is 0.495 e. The van der Waals surface area contributed by atoms with E-state index in [0.29, 0.717) is 18.0 Å². The fourth-order valence-electron chi connectivity index (χ4n) is 3.84. The third-order valence-electron chi connectivity index (χ3n) is 4.76. The van der Waals surface area contributed by atoms with E-state index in [1.807, 2.05) is 18.2 Å². The Morgan fingerprint density at radius 2 is 2.23 bits per heavy atom. The number of amides is 1. The average molecular weight is 301 g/mol. The first-order valence-corrected chi connectivity index (χ1v) is 7.12. The van der Waals surface area contributed by atoms with Crippen molar-refractivity contribution in [2.24, 2.45) is 11.8 Å². The van der Waals surface area contributed by atoms with E-state index < -0.39 is 29.5 Å². The highest BCUT2D eigenvalue weighted by Crippen LogP contribution is 2.53. The zero-order chi connectivity index (χ0) is 15.5. The van der Waals surface area contributed by atoms with Crippen molar-refractivity contribution in [3.8, 4) is 5.75 Å². The lowest BCUT2D eigenvalue weighted by molar-refractivity contribution is -0.146. The van der Waals surface area contributed by atoms with E-state index in [2.05, 4.69) is 0 Å². The number of benzene rings is 1. The molecule has 3 heterocycles. The molecular weight excluding hydrogens is 286 g/mol. The standard InChI is InChI=1S/C16H15NO5/c1-21-10-5-3-2-4-9(10)17-8-16-7-6-11(22-16)12(15(19)20)13(16)14(17)18/h2-7,11-13H,8H2,1H3,(H,19,20)/t11-,12+,13-,16-/m1/s1. The van der Waals surface area contributed by atoms with Gasteiger partial charge in [-0.3, -0.25) is 9.59 Å². The maximum Gasteiger partial charge on any atom is 0.310 e. The first-order chi connectivity index (χ1) is 10.6. The summed E-state index contributed by atoms with van der Waals surface area (Å²) in [6.45, 7) is 0.313. The predicted octanol–water partition coefficient (Wildman–Crippen LogP) is 1.07. The summed E-state index contributed by atoms with van der Waals surface area (Å²) in [4.78, 5) is 26.0. The molecule has 1 aromatic carbocycles. The van der Waals surface area contributed by atoms with E-state index in [4.69, 9.17) is 9.47 Å². The third kappa shape index (κ3) is 1.53. The van der Waals surface area contributed by atoms with Gasteiger partial charge in [0.05, 0.1) is 31.4 Å². The second-order valence-electron chi connectivity index (χ2n) is 5.83. The van der Waals surface area contributed by atoms with Crippen molar-refractivity contribution in [1.29, 1.82) is 0 Å². The second-order valence-corrected chi connectivity index (χ2v) is 5.83. The van der Waals surface area contributed by atoms with Crippen LogP contribution >= 0.6 is 0 Å². The minimum absolute atomic E-state index is 0.219. The molecule has 2 saturated heterocycles. The number of nitrogens with zero attached hydrogens (tertiary/aromatic N) is 1. The molecule has 114 valence electrons. The molecule has 4 rings (SSSR count). The van der Waals surface area contributed by atoms with Crippen LogP contribution in [0.2, 0.25) is 0 Å². The molecule has 1 aromatic rings. The molecular formula is C16H15NO5. The van der Waals surface area contributed by atoms with Gasteiger partial charge in [0.25, 0.3) is 0 Å². The Balaban J connectivity index is 1.77. The van der Waals surface area contributed by atoms with Gasteiger partial charge in [0.1, 0.15) is 17.3 Å². The van der Waals surface area contributed by atoms with Crippen LogP contribution in [0, 0.1) is 11.8 Å². The summed E-state index contributed by atoms with van der Waals surface area (Å²) in [5.74, 6) is -2.13. The lowest BCUT2D eigenvalue weighted by Crippen LogP contribution is -2.39. The Hall–Kier alpha value is -2.34. The molecule has 0 unspecified atom stereocenters. The summed E-state index contributed by atoms with van der Waals surface area (Å²) in [5, 5.41) is 9.45. The van der Waals surface area contributed by atoms with E-state index in [1.54, 1.807) is 30.2 Å². The molecule has 2 fully saturated rings. The summed E-state index contributed by atoms with van der Waals surface area (Å²) in [7, 11) is 1.54. The van der Waals surface area contributed by atoms with Crippen molar-refractivity contribution in [2.75, 3.05) is 18.6 Å². The van der Waals surface area contributed by atoms with Gasteiger partial charge in [-0.05, 0) is 12.1 Å². The number of carboxylic acids is 1. The molecule has 0 aromatic heterocycles. The zero-order valence-corrected chi connectivity index (χ0v) is 11.9. The fraction of sp³-hybridized carbons (Fsp3) is 0.375. The van der Waals surface area contributed by atoms with Gasteiger partial charge >= 0.3 is 5.97 Å². The summed E-state index contributed by atoms with van der Waals surface area (Å²) in [6.07, 6.45) is 3.09. The van der Waals surface area contributed by atoms with Crippen LogP contribution in [0.5, 0.6) is 5.75 Å². The highest BCUT2D eigenvalue weighted by Gasteiger charge is 2.67. The summed E-state index contributed by atoms with van der Waals surface area (Å²) < 4.78 is 11.2. The summed E-state index contributed by atoms with van der Waals surface area (Å²) >= 11 is 0. The number of carboxylic acid groups (broad SMARTS) is 1. The molecule has 22 heavy (non-hydrogen) atoms. The van der Waals surface area contributed by atoms with Crippen molar-refractivity contribution >= 4 is 17.6 Å². The Bertz CT molecular complexity index is 700. The van der Waals surface area contributed by atoms with E-state index in [9.17, 15) is 14.7 Å². The van der Waals surface area contributed by atoms with E-state index >= 15 is 0 Å². The summed E-state index contributed by atoms with van der Waals surface area (Å²) in [6, 6.07) is 7.21. The van der Waals surface area contributed by atoms with E-state index in [1.165, 1.54) is 0 Å². The molecule has 0 aliphatic carbocycles. The Morgan fingerprint density at radius 1 is 1.45 bits per heavy atom. The molecule has 3 aliphatic rings. The van der Waals surface area contributed by atoms with Gasteiger partial charge in [-0.15, -0.1) is 0 Å². The highest BCUT2D eigenvalue weighted by atomic mass is 16.5. The number of fused-ring (bicyclic) bond motifs is 1. The number of rotatable bonds is 3. The highest BCUT2D eigenvalue weighted by molar-refractivity contribution is 6.03. The summed E-state index contributed by atoms with van der Waals surface area (Å²) in [5.41, 5.74) is -0.186. The van der Waals surface area contributed by atoms with Crippen LogP contribution in [0.4, 0.5) is 5.69 Å². The molecule has 1 amide bonds. The van der Waals surface area contributed by atoms with Crippen LogP contribution in [-0.4, -0.2) is 42.3 Å². The number of carbonyl (C=O) groups is 2. The smallest absolute Gasteiger partial charge is 0.310 e. The zero-order valence-electron chi connectivity index (χ0n) is 11.9. The number of para-hydroxylation sites is 2. The van der Waals surface area contributed by atoms with Gasteiger partial charge in [0, 0.05) is 0 Å². The monoisotopic (exact) mass is 301 g/mol. The second kappa shape index (κ2) is 4.33. The SMILES string of the molecule is COc1ccccc1N1C[C@@]23C=C[C@@H](O2)[C@H](C(=O)O)[C@@H]3C1=O. The Labute approximate surface area is 126 Å². The van der Waals surface area contributed by atoms with E-state index in [0.717, 1.165) is 0 Å². The normalized spacial score (nSPS) is 35.0. The Kier molecular flexibility index (Phi) is 2.62. The number of hydrogen-bond acceptors (Lipinski definition) is 4. The maximum atomic E-state index is 12.8. The van der Waals surface area contributed by atoms with Crippen LogP contribution in [-0.2, 0) is 14.3 Å². The molecule has 4 atom stereocenters. The number of anilines is 1. The number of hydrogen-bond donors (Lipinski definition) is 1. The van der Waals surface area contributed by atoms with Crippen molar-refractivity contribution in [3.63, 3.8) is 0 Å². The molecule has 3 aliphatic heterocycles. The molecule has 6 nitrogen and oxygen atoms in total. The predicted molar refractivity (Wildman–Crippen MR) is 76.7 cm³/mol. The van der Waals surface area contributed by atoms with Gasteiger partial charge in [0.2, 0.25) is 5.91 Å². The lowest BCUT2D eigenvalue weighted by Gasteiger charge is -2.22.